The average Bonchev–Trinajstić information content (AvgIpc) is 2.43. The lowest BCUT2D eigenvalue weighted by molar-refractivity contribution is 0.608. The van der Waals surface area contributed by atoms with Crippen molar-refractivity contribution in [2.24, 2.45) is 0 Å². The van der Waals surface area contributed by atoms with Crippen LogP contribution in [0.2, 0.25) is 5.02 Å². The molecule has 0 spiro atoms. The van der Waals surface area contributed by atoms with Gasteiger partial charge in [0.15, 0.2) is 0 Å². The maximum atomic E-state index is 13.3. The van der Waals surface area contributed by atoms with Gasteiger partial charge in [0.25, 0.3) is 0 Å². The SMILES string of the molecule is CNCC(Cc1cc(F)ccc1Cl)c1ccccc1. The van der Waals surface area contributed by atoms with E-state index >= 15 is 0 Å². The monoisotopic (exact) mass is 277 g/mol. The first-order valence-electron chi connectivity index (χ1n) is 6.34. The molecule has 19 heavy (non-hydrogen) atoms. The Bertz CT molecular complexity index is 528. The molecule has 0 aliphatic carbocycles. The van der Waals surface area contributed by atoms with Crippen molar-refractivity contribution < 1.29 is 4.39 Å². The van der Waals surface area contributed by atoms with Crippen LogP contribution in [0.4, 0.5) is 4.39 Å². The van der Waals surface area contributed by atoms with Gasteiger partial charge < -0.3 is 5.32 Å². The molecule has 0 heterocycles. The van der Waals surface area contributed by atoms with Crippen molar-refractivity contribution in [2.75, 3.05) is 13.6 Å². The van der Waals surface area contributed by atoms with Crippen LogP contribution in [-0.2, 0) is 6.42 Å². The number of nitrogens with one attached hydrogen (secondary N) is 1. The van der Waals surface area contributed by atoms with E-state index in [1.165, 1.54) is 17.7 Å². The summed E-state index contributed by atoms with van der Waals surface area (Å²) in [5.74, 6) is 0.0427. The second-order valence-corrected chi connectivity index (χ2v) is 5.01. The molecule has 2 aromatic rings. The third-order valence-corrected chi connectivity index (χ3v) is 3.56. The third kappa shape index (κ3) is 3.79. The highest BCUT2D eigenvalue weighted by molar-refractivity contribution is 6.31. The van der Waals surface area contributed by atoms with Crippen molar-refractivity contribution in [1.82, 2.24) is 5.32 Å². The lowest BCUT2D eigenvalue weighted by Crippen LogP contribution is -2.19. The van der Waals surface area contributed by atoms with Crippen molar-refractivity contribution in [3.63, 3.8) is 0 Å². The molecule has 3 heteroatoms. The molecule has 0 amide bonds. The zero-order valence-electron chi connectivity index (χ0n) is 10.9. The Morgan fingerprint density at radius 1 is 1.16 bits per heavy atom. The van der Waals surface area contributed by atoms with Gasteiger partial charge in [-0.1, -0.05) is 41.9 Å². The van der Waals surface area contributed by atoms with Crippen molar-refractivity contribution in [2.45, 2.75) is 12.3 Å². The van der Waals surface area contributed by atoms with E-state index in [-0.39, 0.29) is 11.7 Å². The predicted octanol–water partition coefficient (Wildman–Crippen LogP) is 4.02. The van der Waals surface area contributed by atoms with Crippen LogP contribution in [0, 0.1) is 5.82 Å². The molecule has 0 aliphatic rings. The molecule has 0 radical (unpaired) electrons. The summed E-state index contributed by atoms with van der Waals surface area (Å²) < 4.78 is 13.3. The fraction of sp³-hybridized carbons (Fsp3) is 0.250. The first kappa shape index (κ1) is 14.0. The highest BCUT2D eigenvalue weighted by Gasteiger charge is 2.13. The Morgan fingerprint density at radius 2 is 1.89 bits per heavy atom. The van der Waals surface area contributed by atoms with Gasteiger partial charge in [0.05, 0.1) is 0 Å². The number of likely N-dealkylation sites (N-methyl/N-ethyl adjacent to an activating group) is 1. The van der Waals surface area contributed by atoms with Gasteiger partial charge in [-0.25, -0.2) is 4.39 Å². The topological polar surface area (TPSA) is 12.0 Å². The molecule has 2 rings (SSSR count). The van der Waals surface area contributed by atoms with Crippen molar-refractivity contribution in [3.8, 4) is 0 Å². The summed E-state index contributed by atoms with van der Waals surface area (Å²) in [6.45, 7) is 0.830. The zero-order chi connectivity index (χ0) is 13.7. The first-order valence-corrected chi connectivity index (χ1v) is 6.72. The van der Waals surface area contributed by atoms with Crippen molar-refractivity contribution >= 4 is 11.6 Å². The molecule has 1 nitrogen and oxygen atoms in total. The van der Waals surface area contributed by atoms with Crippen LogP contribution in [-0.4, -0.2) is 13.6 Å². The maximum Gasteiger partial charge on any atom is 0.123 e. The molecule has 0 saturated heterocycles. The minimum atomic E-state index is -0.240. The van der Waals surface area contributed by atoms with Gasteiger partial charge >= 0.3 is 0 Å². The highest BCUT2D eigenvalue weighted by atomic mass is 35.5. The van der Waals surface area contributed by atoms with Crippen LogP contribution in [0.5, 0.6) is 0 Å². The largest absolute Gasteiger partial charge is 0.319 e. The smallest absolute Gasteiger partial charge is 0.123 e. The number of hydrogen-bond acceptors (Lipinski definition) is 1. The number of benzene rings is 2. The van der Waals surface area contributed by atoms with Crippen LogP contribution in [0.15, 0.2) is 48.5 Å². The van der Waals surface area contributed by atoms with E-state index in [2.05, 4.69) is 17.4 Å². The molecule has 0 bridgehead atoms. The number of rotatable bonds is 5. The van der Waals surface area contributed by atoms with Gasteiger partial charge in [-0.15, -0.1) is 0 Å². The zero-order valence-corrected chi connectivity index (χ0v) is 11.6. The van der Waals surface area contributed by atoms with Crippen LogP contribution in [0.25, 0.3) is 0 Å². The second kappa shape index (κ2) is 6.69. The first-order chi connectivity index (χ1) is 9.20. The van der Waals surface area contributed by atoms with E-state index in [9.17, 15) is 4.39 Å². The Kier molecular flexibility index (Phi) is 4.94. The summed E-state index contributed by atoms with van der Waals surface area (Å²) in [6, 6.07) is 14.7. The van der Waals surface area contributed by atoms with Gasteiger partial charge in [-0.05, 0) is 42.8 Å². The normalized spacial score (nSPS) is 12.4. The molecule has 100 valence electrons. The van der Waals surface area contributed by atoms with E-state index in [1.807, 2.05) is 25.2 Å². The molecule has 0 saturated carbocycles. The number of halogens is 2. The second-order valence-electron chi connectivity index (χ2n) is 4.61. The molecular formula is C16H17ClFN. The van der Waals surface area contributed by atoms with E-state index in [0.29, 0.717) is 5.02 Å². The van der Waals surface area contributed by atoms with Crippen LogP contribution < -0.4 is 5.32 Å². The Balaban J connectivity index is 2.24. The lowest BCUT2D eigenvalue weighted by atomic mass is 9.92. The summed E-state index contributed by atoms with van der Waals surface area (Å²) in [5.41, 5.74) is 2.09. The minimum absolute atomic E-state index is 0.240. The summed E-state index contributed by atoms with van der Waals surface area (Å²) >= 11 is 6.14. The van der Waals surface area contributed by atoms with E-state index in [0.717, 1.165) is 18.5 Å². The van der Waals surface area contributed by atoms with Gasteiger partial charge in [-0.2, -0.15) is 0 Å². The molecule has 0 fully saturated rings. The molecule has 1 N–H and O–H groups in total. The summed E-state index contributed by atoms with van der Waals surface area (Å²) in [6.07, 6.45) is 0.724. The van der Waals surface area contributed by atoms with Gasteiger partial charge in [0.1, 0.15) is 5.82 Å². The van der Waals surface area contributed by atoms with E-state index in [1.54, 1.807) is 6.07 Å². The van der Waals surface area contributed by atoms with Gasteiger partial charge in [0, 0.05) is 17.5 Å². The Labute approximate surface area is 118 Å². The van der Waals surface area contributed by atoms with Gasteiger partial charge in [0.2, 0.25) is 0 Å². The van der Waals surface area contributed by atoms with E-state index in [4.69, 9.17) is 11.6 Å². The minimum Gasteiger partial charge on any atom is -0.319 e. The summed E-state index contributed by atoms with van der Waals surface area (Å²) in [5, 5.41) is 3.81. The van der Waals surface area contributed by atoms with Crippen LogP contribution in [0.1, 0.15) is 17.0 Å². The van der Waals surface area contributed by atoms with Crippen molar-refractivity contribution in [1.29, 1.82) is 0 Å². The lowest BCUT2D eigenvalue weighted by Gasteiger charge is -2.18. The predicted molar refractivity (Wildman–Crippen MR) is 78.2 cm³/mol. The molecule has 2 aromatic carbocycles. The Hall–Kier alpha value is -1.38. The molecule has 0 aliphatic heterocycles. The summed E-state index contributed by atoms with van der Waals surface area (Å²) in [4.78, 5) is 0. The summed E-state index contributed by atoms with van der Waals surface area (Å²) in [7, 11) is 1.92. The van der Waals surface area contributed by atoms with Crippen molar-refractivity contribution in [3.05, 3.63) is 70.5 Å². The fourth-order valence-electron chi connectivity index (χ4n) is 2.24. The fourth-order valence-corrected chi connectivity index (χ4v) is 2.44. The molecule has 0 aromatic heterocycles. The van der Waals surface area contributed by atoms with Crippen LogP contribution >= 0.6 is 11.6 Å². The standard InChI is InChI=1S/C16H17ClFN/c1-19-11-14(12-5-3-2-4-6-12)9-13-10-15(18)7-8-16(13)17/h2-8,10,14,19H,9,11H2,1H3. The molecule has 1 unspecified atom stereocenters. The average molecular weight is 278 g/mol. The van der Waals surface area contributed by atoms with E-state index < -0.39 is 0 Å². The highest BCUT2D eigenvalue weighted by Crippen LogP contribution is 2.25. The number of hydrogen-bond donors (Lipinski definition) is 1. The molecular weight excluding hydrogens is 261 g/mol. The quantitative estimate of drug-likeness (QED) is 0.870. The maximum absolute atomic E-state index is 13.3. The Morgan fingerprint density at radius 3 is 2.58 bits per heavy atom. The van der Waals surface area contributed by atoms with Gasteiger partial charge in [-0.3, -0.25) is 0 Å². The third-order valence-electron chi connectivity index (χ3n) is 3.20. The molecule has 1 atom stereocenters. The van der Waals surface area contributed by atoms with Crippen LogP contribution in [0.3, 0.4) is 0 Å².